The molecule has 2 aromatic heterocycles. The number of H-pyrrole nitrogens is 1. The van der Waals surface area contributed by atoms with Gasteiger partial charge in [0.2, 0.25) is 11.7 Å². The van der Waals surface area contributed by atoms with E-state index in [0.29, 0.717) is 36.3 Å². The molecule has 9 nitrogen and oxygen atoms in total. The maximum atomic E-state index is 12.0. The highest BCUT2D eigenvalue weighted by atomic mass is 16.3. The molecule has 5 rings (SSSR count). The summed E-state index contributed by atoms with van der Waals surface area (Å²) < 4.78 is 5.37. The first-order valence-corrected chi connectivity index (χ1v) is 11.6. The molecule has 172 valence electrons. The van der Waals surface area contributed by atoms with E-state index in [1.165, 1.54) is 11.3 Å². The topological polar surface area (TPSA) is 103 Å². The van der Waals surface area contributed by atoms with Crippen LogP contribution in [0.1, 0.15) is 43.5 Å². The lowest BCUT2D eigenvalue weighted by atomic mass is 9.98. The van der Waals surface area contributed by atoms with Crippen molar-refractivity contribution in [3.05, 3.63) is 54.0 Å². The highest BCUT2D eigenvalue weighted by molar-refractivity contribution is 5.98. The number of fused-ring (bicyclic) bond motifs is 1. The highest BCUT2D eigenvalue weighted by Gasteiger charge is 2.32. The Kier molecular flexibility index (Phi) is 6.10. The molecule has 33 heavy (non-hydrogen) atoms. The fourth-order valence-corrected chi connectivity index (χ4v) is 4.62. The van der Waals surface area contributed by atoms with Crippen molar-refractivity contribution in [1.29, 1.82) is 0 Å². The van der Waals surface area contributed by atoms with Gasteiger partial charge in [-0.3, -0.25) is 9.89 Å². The van der Waals surface area contributed by atoms with Gasteiger partial charge < -0.3 is 19.5 Å². The minimum Gasteiger partial charge on any atom is -0.461 e. The zero-order chi connectivity index (χ0) is 22.6. The van der Waals surface area contributed by atoms with Crippen molar-refractivity contribution in [3.8, 4) is 11.6 Å². The van der Waals surface area contributed by atoms with E-state index < -0.39 is 0 Å². The third-order valence-corrected chi connectivity index (χ3v) is 6.23. The van der Waals surface area contributed by atoms with Crippen molar-refractivity contribution < 1.29 is 9.21 Å². The summed E-state index contributed by atoms with van der Waals surface area (Å²) in [6.45, 7) is 5.74. The van der Waals surface area contributed by atoms with Gasteiger partial charge in [0.15, 0.2) is 11.7 Å². The van der Waals surface area contributed by atoms with E-state index in [2.05, 4.69) is 56.6 Å². The van der Waals surface area contributed by atoms with Crippen LogP contribution in [0.4, 0.5) is 5.69 Å². The van der Waals surface area contributed by atoms with Crippen LogP contribution < -0.4 is 10.2 Å². The summed E-state index contributed by atoms with van der Waals surface area (Å²) in [5.41, 5.74) is 2.48. The lowest BCUT2D eigenvalue weighted by Crippen LogP contribution is -2.41. The number of rotatable bonds is 7. The number of benzene rings is 1. The van der Waals surface area contributed by atoms with Gasteiger partial charge >= 0.3 is 0 Å². The van der Waals surface area contributed by atoms with Gasteiger partial charge in [-0.1, -0.05) is 18.2 Å². The number of amides is 1. The van der Waals surface area contributed by atoms with E-state index in [0.717, 1.165) is 45.0 Å². The van der Waals surface area contributed by atoms with Crippen LogP contribution in [0.15, 0.2) is 52.1 Å². The average Bonchev–Trinajstić information content (AvgIpc) is 3.63. The summed E-state index contributed by atoms with van der Waals surface area (Å²) in [6, 6.07) is 12.1. The Balaban J connectivity index is 1.32. The maximum Gasteiger partial charge on any atom is 0.222 e. The number of para-hydroxylation sites is 1. The van der Waals surface area contributed by atoms with Gasteiger partial charge in [0.25, 0.3) is 0 Å². The van der Waals surface area contributed by atoms with E-state index in [1.807, 2.05) is 17.0 Å². The molecule has 2 aliphatic heterocycles. The molecule has 0 radical (unpaired) electrons. The number of hydrogen-bond donors (Lipinski definition) is 2. The van der Waals surface area contributed by atoms with Crippen LogP contribution in [-0.4, -0.2) is 58.1 Å². The van der Waals surface area contributed by atoms with Crippen LogP contribution >= 0.6 is 0 Å². The van der Waals surface area contributed by atoms with E-state index in [4.69, 9.17) is 9.41 Å². The smallest absolute Gasteiger partial charge is 0.222 e. The van der Waals surface area contributed by atoms with Crippen LogP contribution in [0.2, 0.25) is 0 Å². The number of likely N-dealkylation sites (tertiary alicyclic amines) is 1. The molecule has 1 fully saturated rings. The minimum absolute atomic E-state index is 0.286. The molecular weight excluding hydrogens is 418 g/mol. The van der Waals surface area contributed by atoms with E-state index in [9.17, 15) is 4.79 Å². The monoisotopic (exact) mass is 447 g/mol. The largest absolute Gasteiger partial charge is 0.461 e. The lowest BCUT2D eigenvalue weighted by molar-refractivity contribution is -0.127. The Labute approximate surface area is 192 Å². The molecule has 0 spiro atoms. The van der Waals surface area contributed by atoms with Crippen molar-refractivity contribution >= 4 is 17.6 Å². The van der Waals surface area contributed by atoms with Gasteiger partial charge in [0.05, 0.1) is 6.26 Å². The van der Waals surface area contributed by atoms with E-state index >= 15 is 0 Å². The summed E-state index contributed by atoms with van der Waals surface area (Å²) in [5.74, 6) is 3.29. The maximum absolute atomic E-state index is 12.0. The first kappa shape index (κ1) is 21.2. The average molecular weight is 448 g/mol. The zero-order valence-corrected chi connectivity index (χ0v) is 18.8. The number of nitrogens with zero attached hydrogens (tertiary/aromatic N) is 5. The van der Waals surface area contributed by atoms with Gasteiger partial charge in [0, 0.05) is 44.2 Å². The Hall–Kier alpha value is -3.62. The molecule has 9 heteroatoms. The second kappa shape index (κ2) is 9.48. The molecule has 1 atom stereocenters. The molecule has 1 unspecified atom stereocenters. The molecule has 2 N–H and O–H groups in total. The van der Waals surface area contributed by atoms with Gasteiger partial charge in [0.1, 0.15) is 12.4 Å². The number of carbonyl (C=O) groups excluding carboxylic acids is 1. The Morgan fingerprint density at radius 2 is 2.21 bits per heavy atom. The second-order valence-electron chi connectivity index (χ2n) is 8.39. The van der Waals surface area contributed by atoms with Crippen molar-refractivity contribution in [2.24, 2.45) is 4.99 Å². The fourth-order valence-electron chi connectivity index (χ4n) is 4.62. The first-order chi connectivity index (χ1) is 16.2. The molecule has 1 aromatic carbocycles. The Morgan fingerprint density at radius 1 is 1.30 bits per heavy atom. The van der Waals surface area contributed by atoms with Crippen LogP contribution in [-0.2, 0) is 11.3 Å². The van der Waals surface area contributed by atoms with E-state index in [-0.39, 0.29) is 5.91 Å². The molecule has 3 aromatic rings. The van der Waals surface area contributed by atoms with Crippen molar-refractivity contribution in [2.75, 3.05) is 31.1 Å². The number of furan rings is 1. The number of carbonyl (C=O) groups is 1. The summed E-state index contributed by atoms with van der Waals surface area (Å²) in [6.07, 6.45) is 4.22. The molecule has 1 saturated heterocycles. The lowest BCUT2D eigenvalue weighted by Gasteiger charge is -2.23. The molecule has 0 saturated carbocycles. The summed E-state index contributed by atoms with van der Waals surface area (Å²) in [5, 5.41) is 10.6. The molecule has 0 aliphatic carbocycles. The van der Waals surface area contributed by atoms with Gasteiger partial charge in [-0.15, -0.1) is 5.10 Å². The van der Waals surface area contributed by atoms with Crippen molar-refractivity contribution in [3.63, 3.8) is 0 Å². The number of aromatic nitrogens is 3. The minimum atomic E-state index is 0.286. The number of guanidine groups is 1. The molecule has 2 aliphatic rings. The van der Waals surface area contributed by atoms with Crippen LogP contribution in [0.3, 0.4) is 0 Å². The van der Waals surface area contributed by atoms with E-state index in [1.54, 1.807) is 6.26 Å². The predicted molar refractivity (Wildman–Crippen MR) is 126 cm³/mol. The molecule has 4 heterocycles. The number of anilines is 1. The van der Waals surface area contributed by atoms with Gasteiger partial charge in [-0.2, -0.15) is 0 Å². The van der Waals surface area contributed by atoms with Gasteiger partial charge in [-0.25, -0.2) is 9.98 Å². The van der Waals surface area contributed by atoms with Crippen molar-refractivity contribution in [2.45, 2.75) is 38.6 Å². The molecule has 0 bridgehead atoms. The number of aliphatic imine (C=N–C) groups is 1. The summed E-state index contributed by atoms with van der Waals surface area (Å²) in [4.78, 5) is 25.6. The Bertz CT molecular complexity index is 1120. The third-order valence-electron chi connectivity index (χ3n) is 6.23. The van der Waals surface area contributed by atoms with Crippen LogP contribution in [0.25, 0.3) is 11.6 Å². The standard InChI is InChI=1S/C24H29N7O2/c1-2-25-24(26-15-21-27-23(29-28-21)20-9-6-14-33-20)31-16-17(18-7-3-4-8-19(18)31)11-13-30-12-5-10-22(30)32/h3-4,6-9,14,17H,2,5,10-13,15-16H2,1H3,(H,25,26)(H,27,28,29). The third kappa shape index (κ3) is 4.48. The van der Waals surface area contributed by atoms with Crippen LogP contribution in [0.5, 0.6) is 0 Å². The van der Waals surface area contributed by atoms with Gasteiger partial charge in [-0.05, 0) is 43.5 Å². The SMILES string of the molecule is CCNC(=NCc1nc(-c2ccco2)n[nH]1)N1CC(CCN2CCCC2=O)c2ccccc21. The summed E-state index contributed by atoms with van der Waals surface area (Å²) in [7, 11) is 0. The quantitative estimate of drug-likeness (QED) is 0.426. The predicted octanol–water partition coefficient (Wildman–Crippen LogP) is 3.15. The van der Waals surface area contributed by atoms with Crippen LogP contribution in [0, 0.1) is 0 Å². The fraction of sp³-hybridized carbons (Fsp3) is 0.417. The molecular formula is C24H29N7O2. The zero-order valence-electron chi connectivity index (χ0n) is 18.8. The van der Waals surface area contributed by atoms with Crippen molar-refractivity contribution in [1.82, 2.24) is 25.4 Å². The highest BCUT2D eigenvalue weighted by Crippen LogP contribution is 2.38. The number of aromatic amines is 1. The molecule has 1 amide bonds. The number of nitrogens with one attached hydrogen (secondary N) is 2. The Morgan fingerprint density at radius 3 is 3.00 bits per heavy atom. The second-order valence-corrected chi connectivity index (χ2v) is 8.39. The number of hydrogen-bond acceptors (Lipinski definition) is 5. The normalized spacial score (nSPS) is 18.3. The first-order valence-electron chi connectivity index (χ1n) is 11.6. The summed E-state index contributed by atoms with van der Waals surface area (Å²) >= 11 is 0.